The second-order valence-electron chi connectivity index (χ2n) is 6.53. The maximum atomic E-state index is 13.9. The second-order valence-corrected chi connectivity index (χ2v) is 7.37. The van der Waals surface area contributed by atoms with Gasteiger partial charge in [0, 0.05) is 42.2 Å². The van der Waals surface area contributed by atoms with E-state index in [4.69, 9.17) is 38.4 Å². The molecule has 0 fully saturated rings. The summed E-state index contributed by atoms with van der Waals surface area (Å²) in [6.07, 6.45) is 3.33. The summed E-state index contributed by atoms with van der Waals surface area (Å²) < 4.78 is 24.2. The predicted octanol–water partition coefficient (Wildman–Crippen LogP) is 4.60. The maximum absolute atomic E-state index is 13.9. The van der Waals surface area contributed by atoms with Gasteiger partial charge in [-0.1, -0.05) is 23.2 Å². The van der Waals surface area contributed by atoms with E-state index < -0.39 is 11.9 Å². The Hall–Kier alpha value is -2.81. The van der Waals surface area contributed by atoms with Crippen molar-refractivity contribution in [1.29, 1.82) is 0 Å². The number of carbonyl (C=O) groups excluding carboxylic acids is 1. The Morgan fingerprint density at radius 1 is 1.23 bits per heavy atom. The van der Waals surface area contributed by atoms with Crippen molar-refractivity contribution in [1.82, 2.24) is 15.0 Å². The molecule has 3 rings (SSSR count). The Morgan fingerprint density at radius 3 is 2.74 bits per heavy atom. The molecule has 0 aliphatic heterocycles. The zero-order chi connectivity index (χ0) is 22.4. The normalized spacial score (nSPS) is 11.8. The van der Waals surface area contributed by atoms with Crippen molar-refractivity contribution in [2.75, 3.05) is 6.61 Å². The number of nitrogens with two attached hydrogens (primary N) is 1. The molecule has 7 nitrogen and oxygen atoms in total. The number of rotatable bonds is 8. The molecule has 2 aromatic heterocycles. The van der Waals surface area contributed by atoms with Crippen LogP contribution in [0.4, 0.5) is 4.39 Å². The van der Waals surface area contributed by atoms with E-state index in [-0.39, 0.29) is 29.0 Å². The van der Waals surface area contributed by atoms with Crippen molar-refractivity contribution in [2.45, 2.75) is 25.8 Å². The maximum Gasteiger partial charge on any atom is 0.307 e. The Balaban J connectivity index is 1.74. The van der Waals surface area contributed by atoms with E-state index >= 15 is 0 Å². The monoisotopic (exact) mass is 464 g/mol. The number of benzene rings is 1. The van der Waals surface area contributed by atoms with Crippen LogP contribution in [0.2, 0.25) is 10.0 Å². The minimum absolute atomic E-state index is 0.0925. The highest BCUT2D eigenvalue weighted by molar-refractivity contribution is 6.33. The van der Waals surface area contributed by atoms with Gasteiger partial charge < -0.3 is 15.2 Å². The van der Waals surface area contributed by atoms with Gasteiger partial charge in [-0.15, -0.1) is 0 Å². The number of halogens is 3. The molecule has 1 atom stereocenters. The molecule has 0 spiro atoms. The summed E-state index contributed by atoms with van der Waals surface area (Å²) in [6, 6.07) is 7.15. The van der Waals surface area contributed by atoms with Crippen LogP contribution in [0.25, 0.3) is 11.4 Å². The van der Waals surface area contributed by atoms with E-state index in [2.05, 4.69) is 15.0 Å². The number of hydrogen-bond donors (Lipinski definition) is 1. The van der Waals surface area contributed by atoms with Gasteiger partial charge in [-0.05, 0) is 31.2 Å². The van der Waals surface area contributed by atoms with Crippen molar-refractivity contribution in [3.63, 3.8) is 0 Å². The summed E-state index contributed by atoms with van der Waals surface area (Å²) in [5, 5.41) is 0.470. The molecule has 2 heterocycles. The Kier molecular flexibility index (Phi) is 7.73. The summed E-state index contributed by atoms with van der Waals surface area (Å²) in [5.74, 6) is -0.595. The van der Waals surface area contributed by atoms with Crippen LogP contribution in [0, 0.1) is 5.82 Å². The Labute approximate surface area is 188 Å². The SMILES string of the molecule is CCOC(=O)CC(N)Cc1ccnc(-c2ccc(Oc3ncc(Cl)cc3F)cc2Cl)n1. The summed E-state index contributed by atoms with van der Waals surface area (Å²) in [5.41, 5.74) is 7.23. The van der Waals surface area contributed by atoms with Crippen LogP contribution in [-0.2, 0) is 16.0 Å². The van der Waals surface area contributed by atoms with Gasteiger partial charge in [0.1, 0.15) is 5.75 Å². The average molecular weight is 465 g/mol. The van der Waals surface area contributed by atoms with Crippen molar-refractivity contribution < 1.29 is 18.7 Å². The number of pyridine rings is 1. The number of hydrogen-bond acceptors (Lipinski definition) is 7. The first-order valence-corrected chi connectivity index (χ1v) is 10.1. The molecule has 0 amide bonds. The van der Waals surface area contributed by atoms with Gasteiger partial charge in [0.15, 0.2) is 11.6 Å². The van der Waals surface area contributed by atoms with Crippen LogP contribution in [0.15, 0.2) is 42.7 Å². The quantitative estimate of drug-likeness (QED) is 0.486. The van der Waals surface area contributed by atoms with E-state index in [0.717, 1.165) is 6.07 Å². The van der Waals surface area contributed by atoms with E-state index in [9.17, 15) is 9.18 Å². The molecule has 0 radical (unpaired) electrons. The van der Waals surface area contributed by atoms with Gasteiger partial charge >= 0.3 is 5.97 Å². The van der Waals surface area contributed by atoms with Crippen LogP contribution in [0.3, 0.4) is 0 Å². The topological polar surface area (TPSA) is 100 Å². The highest BCUT2D eigenvalue weighted by Gasteiger charge is 2.15. The van der Waals surface area contributed by atoms with Crippen molar-refractivity contribution in [3.8, 4) is 23.0 Å². The second kappa shape index (κ2) is 10.5. The highest BCUT2D eigenvalue weighted by atomic mass is 35.5. The largest absolute Gasteiger partial charge is 0.466 e. The van der Waals surface area contributed by atoms with Crippen molar-refractivity contribution in [3.05, 3.63) is 64.3 Å². The van der Waals surface area contributed by atoms with Crippen LogP contribution < -0.4 is 10.5 Å². The van der Waals surface area contributed by atoms with Crippen LogP contribution in [0.5, 0.6) is 11.6 Å². The third-order valence-electron chi connectivity index (χ3n) is 4.09. The molecule has 0 saturated carbocycles. The molecule has 3 aromatic rings. The Bertz CT molecular complexity index is 1080. The predicted molar refractivity (Wildman–Crippen MR) is 115 cm³/mol. The lowest BCUT2D eigenvalue weighted by Crippen LogP contribution is -2.27. The zero-order valence-corrected chi connectivity index (χ0v) is 18.0. The molecule has 162 valence electrons. The van der Waals surface area contributed by atoms with Gasteiger partial charge in [0.05, 0.1) is 23.1 Å². The molecule has 1 aromatic carbocycles. The van der Waals surface area contributed by atoms with Gasteiger partial charge in [0.25, 0.3) is 5.88 Å². The molecule has 10 heteroatoms. The highest BCUT2D eigenvalue weighted by Crippen LogP contribution is 2.32. The standard InChI is InChI=1S/C21H19Cl2FN4O3/c1-2-30-19(29)9-13(25)8-14-5-6-26-20(28-14)16-4-3-15(10-17(16)23)31-21-18(24)7-12(22)11-27-21/h3-7,10-11,13H,2,8-9,25H2,1H3. The molecule has 31 heavy (non-hydrogen) atoms. The van der Waals surface area contributed by atoms with Gasteiger partial charge in [-0.2, -0.15) is 0 Å². The molecule has 0 aliphatic carbocycles. The first-order valence-electron chi connectivity index (χ1n) is 9.37. The molecule has 0 aliphatic rings. The molecule has 0 saturated heterocycles. The van der Waals surface area contributed by atoms with Gasteiger partial charge in [-0.25, -0.2) is 19.3 Å². The lowest BCUT2D eigenvalue weighted by molar-refractivity contribution is -0.143. The average Bonchev–Trinajstić information content (AvgIpc) is 2.70. The van der Waals surface area contributed by atoms with E-state index in [1.807, 2.05) is 0 Å². The van der Waals surface area contributed by atoms with Crippen molar-refractivity contribution in [2.24, 2.45) is 5.73 Å². The summed E-state index contributed by atoms with van der Waals surface area (Å²) in [4.78, 5) is 24.1. The molecular weight excluding hydrogens is 446 g/mol. The van der Waals surface area contributed by atoms with Crippen LogP contribution in [-0.4, -0.2) is 33.6 Å². The first-order chi connectivity index (χ1) is 14.9. The first kappa shape index (κ1) is 22.9. The van der Waals surface area contributed by atoms with E-state index in [0.29, 0.717) is 35.1 Å². The molecule has 0 bridgehead atoms. The number of carbonyl (C=O) groups is 1. The third kappa shape index (κ3) is 6.33. The minimum atomic E-state index is -0.692. The summed E-state index contributed by atoms with van der Waals surface area (Å²) in [7, 11) is 0. The minimum Gasteiger partial charge on any atom is -0.466 e. The summed E-state index contributed by atoms with van der Waals surface area (Å²) in [6.45, 7) is 2.05. The molecule has 2 N–H and O–H groups in total. The van der Waals surface area contributed by atoms with Gasteiger partial charge in [0.2, 0.25) is 0 Å². The van der Waals surface area contributed by atoms with Crippen molar-refractivity contribution >= 4 is 29.2 Å². The lowest BCUT2D eigenvalue weighted by Gasteiger charge is -2.12. The number of nitrogens with zero attached hydrogens (tertiary/aromatic N) is 3. The van der Waals surface area contributed by atoms with Crippen LogP contribution in [0.1, 0.15) is 19.0 Å². The number of esters is 1. The van der Waals surface area contributed by atoms with Crippen LogP contribution >= 0.6 is 23.2 Å². The smallest absolute Gasteiger partial charge is 0.307 e. The molecular formula is C21H19Cl2FN4O3. The van der Waals surface area contributed by atoms with Gasteiger partial charge in [-0.3, -0.25) is 4.79 Å². The Morgan fingerprint density at radius 2 is 2.03 bits per heavy atom. The third-order valence-corrected chi connectivity index (χ3v) is 4.61. The zero-order valence-electron chi connectivity index (χ0n) is 16.5. The fourth-order valence-electron chi connectivity index (χ4n) is 2.74. The summed E-state index contributed by atoms with van der Waals surface area (Å²) >= 11 is 12.1. The number of ether oxygens (including phenoxy) is 2. The lowest BCUT2D eigenvalue weighted by atomic mass is 10.1. The fraction of sp³-hybridized carbons (Fsp3) is 0.238. The fourth-order valence-corrected chi connectivity index (χ4v) is 3.14. The number of aromatic nitrogens is 3. The molecule has 1 unspecified atom stereocenters. The van der Waals surface area contributed by atoms with E-state index in [1.54, 1.807) is 31.3 Å². The van der Waals surface area contributed by atoms with E-state index in [1.165, 1.54) is 12.3 Å².